The summed E-state index contributed by atoms with van der Waals surface area (Å²) in [5.41, 5.74) is 1.20. The van der Waals surface area contributed by atoms with Crippen LogP contribution in [-0.2, 0) is 11.2 Å². The number of hydrogen-bond donors (Lipinski definition) is 1. The first-order valence-electron chi connectivity index (χ1n) is 6.02. The summed E-state index contributed by atoms with van der Waals surface area (Å²) in [5, 5.41) is 2.70. The average molecular weight is 375 g/mol. The molecule has 0 saturated carbocycles. The Morgan fingerprint density at radius 3 is 2.68 bits per heavy atom. The van der Waals surface area contributed by atoms with Gasteiger partial charge in [-0.1, -0.05) is 6.07 Å². The molecular weight excluding hydrogens is 357 g/mol. The van der Waals surface area contributed by atoms with Crippen molar-refractivity contribution in [2.75, 3.05) is 6.54 Å². The number of ether oxygens (including phenoxy) is 1. The molecular formula is C14H18INO3. The number of benzene rings is 1. The summed E-state index contributed by atoms with van der Waals surface area (Å²) in [4.78, 5) is 22.2. The predicted octanol–water partition coefficient (Wildman–Crippen LogP) is 3.17. The number of halogens is 1. The molecule has 1 aromatic carbocycles. The van der Waals surface area contributed by atoms with Gasteiger partial charge in [-0.05, 0) is 67.5 Å². The van der Waals surface area contributed by atoms with Crippen LogP contribution in [0.2, 0.25) is 0 Å². The highest BCUT2D eigenvalue weighted by molar-refractivity contribution is 14.1. The second-order valence-corrected chi connectivity index (χ2v) is 6.31. The number of nitrogens with one attached hydrogen (secondary N) is 1. The van der Waals surface area contributed by atoms with E-state index in [1.165, 1.54) is 0 Å². The fourth-order valence-electron chi connectivity index (χ4n) is 1.47. The summed E-state index contributed by atoms with van der Waals surface area (Å²) in [7, 11) is 0. The van der Waals surface area contributed by atoms with Crippen LogP contribution in [0.25, 0.3) is 0 Å². The quantitative estimate of drug-likeness (QED) is 0.650. The van der Waals surface area contributed by atoms with Crippen LogP contribution in [0.5, 0.6) is 0 Å². The van der Waals surface area contributed by atoms with E-state index in [0.717, 1.165) is 15.4 Å². The lowest BCUT2D eigenvalue weighted by Gasteiger charge is -2.19. The van der Waals surface area contributed by atoms with E-state index in [2.05, 4.69) is 27.9 Å². The molecule has 104 valence electrons. The fourth-order valence-corrected chi connectivity index (χ4v) is 2.08. The van der Waals surface area contributed by atoms with E-state index in [9.17, 15) is 9.59 Å². The average Bonchev–Trinajstić information content (AvgIpc) is 2.29. The number of hydrogen-bond acceptors (Lipinski definition) is 3. The van der Waals surface area contributed by atoms with Crippen LogP contribution in [0.1, 0.15) is 36.7 Å². The Morgan fingerprint density at radius 2 is 2.11 bits per heavy atom. The molecule has 1 rings (SSSR count). The Labute approximate surface area is 127 Å². The highest BCUT2D eigenvalue weighted by Gasteiger charge is 2.15. The van der Waals surface area contributed by atoms with Crippen LogP contribution < -0.4 is 5.32 Å². The van der Waals surface area contributed by atoms with E-state index in [-0.39, 0.29) is 0 Å². The maximum Gasteiger partial charge on any atom is 0.407 e. The van der Waals surface area contributed by atoms with Crippen molar-refractivity contribution in [2.45, 2.75) is 32.8 Å². The van der Waals surface area contributed by atoms with E-state index in [1.54, 1.807) is 6.07 Å². The standard InChI is InChI=1S/C14H18INO3/c1-14(2,3)19-13(18)16-7-6-11-8-10(9-17)4-5-12(11)15/h4-5,8-9H,6-7H2,1-3H3,(H,16,18). The minimum Gasteiger partial charge on any atom is -0.444 e. The van der Waals surface area contributed by atoms with E-state index in [0.29, 0.717) is 18.5 Å². The summed E-state index contributed by atoms with van der Waals surface area (Å²) in [6.45, 7) is 5.95. The molecule has 0 aliphatic heterocycles. The fraction of sp³-hybridized carbons (Fsp3) is 0.429. The zero-order valence-electron chi connectivity index (χ0n) is 11.3. The molecule has 0 aromatic heterocycles. The van der Waals surface area contributed by atoms with Crippen LogP contribution in [0.15, 0.2) is 18.2 Å². The number of alkyl carbamates (subject to hydrolysis) is 1. The van der Waals surface area contributed by atoms with Crippen molar-refractivity contribution in [3.8, 4) is 0 Å². The van der Waals surface area contributed by atoms with Crippen molar-refractivity contribution in [1.29, 1.82) is 0 Å². The van der Waals surface area contributed by atoms with Crippen molar-refractivity contribution in [3.63, 3.8) is 0 Å². The van der Waals surface area contributed by atoms with Crippen LogP contribution in [0, 0.1) is 3.57 Å². The first-order chi connectivity index (χ1) is 8.81. The van der Waals surface area contributed by atoms with Gasteiger partial charge in [0.15, 0.2) is 0 Å². The molecule has 0 radical (unpaired) electrons. The third-order valence-corrected chi connectivity index (χ3v) is 3.32. The smallest absolute Gasteiger partial charge is 0.407 e. The maximum atomic E-state index is 11.5. The minimum atomic E-state index is -0.490. The third kappa shape index (κ3) is 6.04. The molecule has 0 saturated heterocycles. The normalized spacial score (nSPS) is 10.9. The third-order valence-electron chi connectivity index (χ3n) is 2.27. The number of carbonyl (C=O) groups is 2. The Bertz CT molecular complexity index is 466. The zero-order chi connectivity index (χ0) is 14.5. The van der Waals surface area contributed by atoms with Gasteiger partial charge in [0.1, 0.15) is 11.9 Å². The van der Waals surface area contributed by atoms with Crippen molar-refractivity contribution in [3.05, 3.63) is 32.9 Å². The lowest BCUT2D eigenvalue weighted by molar-refractivity contribution is 0.0528. The summed E-state index contributed by atoms with van der Waals surface area (Å²) >= 11 is 2.21. The van der Waals surface area contributed by atoms with E-state index in [4.69, 9.17) is 4.74 Å². The lowest BCUT2D eigenvalue weighted by Crippen LogP contribution is -2.33. The highest BCUT2D eigenvalue weighted by atomic mass is 127. The first-order valence-corrected chi connectivity index (χ1v) is 7.10. The van der Waals surface area contributed by atoms with E-state index in [1.807, 2.05) is 32.9 Å². The molecule has 0 atom stereocenters. The minimum absolute atomic E-state index is 0.422. The summed E-state index contributed by atoms with van der Waals surface area (Å²) in [6, 6.07) is 5.51. The van der Waals surface area contributed by atoms with Gasteiger partial charge in [-0.3, -0.25) is 4.79 Å². The van der Waals surface area contributed by atoms with Gasteiger partial charge in [0, 0.05) is 15.7 Å². The van der Waals surface area contributed by atoms with Crippen LogP contribution >= 0.6 is 22.6 Å². The van der Waals surface area contributed by atoms with Gasteiger partial charge < -0.3 is 10.1 Å². The van der Waals surface area contributed by atoms with Gasteiger partial charge in [-0.25, -0.2) is 4.79 Å². The molecule has 4 nitrogen and oxygen atoms in total. The number of amides is 1. The SMILES string of the molecule is CC(C)(C)OC(=O)NCCc1cc(C=O)ccc1I. The monoisotopic (exact) mass is 375 g/mol. The van der Waals surface area contributed by atoms with Gasteiger partial charge in [0.25, 0.3) is 0 Å². The van der Waals surface area contributed by atoms with Crippen LogP contribution in [0.3, 0.4) is 0 Å². The Morgan fingerprint density at radius 1 is 1.42 bits per heavy atom. The molecule has 1 N–H and O–H groups in total. The first kappa shape index (κ1) is 15.9. The molecule has 19 heavy (non-hydrogen) atoms. The molecule has 1 amide bonds. The Kier molecular flexibility index (Phi) is 5.78. The molecule has 0 bridgehead atoms. The van der Waals surface area contributed by atoms with Crippen molar-refractivity contribution >= 4 is 35.0 Å². The van der Waals surface area contributed by atoms with Crippen molar-refractivity contribution < 1.29 is 14.3 Å². The molecule has 0 fully saturated rings. The van der Waals surface area contributed by atoms with Gasteiger partial charge >= 0.3 is 6.09 Å². The lowest BCUT2D eigenvalue weighted by atomic mass is 10.1. The largest absolute Gasteiger partial charge is 0.444 e. The molecule has 5 heteroatoms. The molecule has 0 aliphatic carbocycles. The van der Waals surface area contributed by atoms with Crippen molar-refractivity contribution in [2.24, 2.45) is 0 Å². The number of aldehydes is 1. The highest BCUT2D eigenvalue weighted by Crippen LogP contribution is 2.14. The summed E-state index contributed by atoms with van der Waals surface area (Å²) in [5.74, 6) is 0. The number of rotatable bonds is 4. The van der Waals surface area contributed by atoms with Crippen LogP contribution in [0.4, 0.5) is 4.79 Å². The topological polar surface area (TPSA) is 55.4 Å². The predicted molar refractivity (Wildman–Crippen MR) is 82.5 cm³/mol. The molecule has 0 spiro atoms. The second-order valence-electron chi connectivity index (χ2n) is 5.15. The van der Waals surface area contributed by atoms with Gasteiger partial charge in [0.05, 0.1) is 0 Å². The molecule has 1 aromatic rings. The zero-order valence-corrected chi connectivity index (χ0v) is 13.5. The number of carbonyl (C=O) groups excluding carboxylic acids is 2. The molecule has 0 aliphatic rings. The summed E-state index contributed by atoms with van der Waals surface area (Å²) < 4.78 is 6.22. The van der Waals surface area contributed by atoms with E-state index >= 15 is 0 Å². The Hall–Kier alpha value is -1.11. The van der Waals surface area contributed by atoms with Gasteiger partial charge in [-0.2, -0.15) is 0 Å². The van der Waals surface area contributed by atoms with Gasteiger partial charge in [0.2, 0.25) is 0 Å². The van der Waals surface area contributed by atoms with Gasteiger partial charge in [-0.15, -0.1) is 0 Å². The molecule has 0 unspecified atom stereocenters. The Balaban J connectivity index is 2.49. The summed E-state index contributed by atoms with van der Waals surface area (Å²) in [6.07, 6.45) is 1.06. The van der Waals surface area contributed by atoms with E-state index < -0.39 is 11.7 Å². The van der Waals surface area contributed by atoms with Crippen molar-refractivity contribution in [1.82, 2.24) is 5.32 Å². The molecule has 0 heterocycles. The second kappa shape index (κ2) is 6.88. The maximum absolute atomic E-state index is 11.5. The van der Waals surface area contributed by atoms with Crippen LogP contribution in [-0.4, -0.2) is 24.5 Å².